The van der Waals surface area contributed by atoms with Gasteiger partial charge in [-0.2, -0.15) is 0 Å². The fourth-order valence-electron chi connectivity index (χ4n) is 4.38. The van der Waals surface area contributed by atoms with Crippen molar-refractivity contribution < 1.29 is 19.4 Å². The molecule has 1 atom stereocenters. The van der Waals surface area contributed by atoms with E-state index in [2.05, 4.69) is 5.32 Å². The first-order valence-electron chi connectivity index (χ1n) is 12.0. The maximum absolute atomic E-state index is 13.9. The van der Waals surface area contributed by atoms with Crippen LogP contribution < -0.4 is 21.3 Å². The number of benzene rings is 2. The van der Waals surface area contributed by atoms with Crippen LogP contribution in [0.3, 0.4) is 0 Å². The molecule has 2 amide bonds. The van der Waals surface area contributed by atoms with Crippen LogP contribution in [-0.2, 0) is 11.3 Å². The topological polar surface area (TPSA) is 124 Å². The zero-order valence-corrected chi connectivity index (χ0v) is 21.7. The fourth-order valence-corrected chi connectivity index (χ4v) is 4.38. The molecule has 1 aromatic heterocycles. The number of hydrogen-bond acceptors (Lipinski definition) is 4. The Bertz CT molecular complexity index is 1330. The van der Waals surface area contributed by atoms with Gasteiger partial charge >= 0.3 is 6.09 Å². The summed E-state index contributed by atoms with van der Waals surface area (Å²) in [6.45, 7) is 12.0. The molecule has 0 radical (unpaired) electrons. The molecule has 3 aromatic rings. The zero-order valence-electron chi connectivity index (χ0n) is 21.7. The van der Waals surface area contributed by atoms with Crippen LogP contribution in [0, 0.1) is 18.3 Å². The van der Waals surface area contributed by atoms with Crippen LogP contribution in [0.15, 0.2) is 47.3 Å². The Balaban J connectivity index is 2.53. The Labute approximate surface area is 211 Å². The van der Waals surface area contributed by atoms with Gasteiger partial charge in [0, 0.05) is 22.9 Å². The molecule has 0 saturated heterocycles. The standard InChI is InChI=1S/C28H35N3O5/c1-16(2)14-31-24(25(28(4,5)6)30-27(34)35)23(18-9-7-17(3)8-10-18)21-13-19(36-15-22(29)32)11-12-20(21)26(31)33/h7-13,16,25,30H,14-15H2,1-6H3,(H2,29,32)(H,34,35). The molecule has 0 saturated carbocycles. The quantitative estimate of drug-likeness (QED) is 0.414. The molecule has 0 aliphatic carbocycles. The van der Waals surface area contributed by atoms with Gasteiger partial charge in [-0.3, -0.25) is 9.59 Å². The van der Waals surface area contributed by atoms with Gasteiger partial charge in [-0.1, -0.05) is 64.4 Å². The van der Waals surface area contributed by atoms with Crippen LogP contribution in [0.5, 0.6) is 5.75 Å². The first-order chi connectivity index (χ1) is 16.8. The maximum Gasteiger partial charge on any atom is 0.405 e. The number of hydrogen-bond donors (Lipinski definition) is 3. The van der Waals surface area contributed by atoms with Gasteiger partial charge in [0.2, 0.25) is 0 Å². The number of pyridine rings is 1. The molecule has 36 heavy (non-hydrogen) atoms. The van der Waals surface area contributed by atoms with Gasteiger partial charge in [0.1, 0.15) is 5.75 Å². The molecular formula is C28H35N3O5. The van der Waals surface area contributed by atoms with Crippen molar-refractivity contribution in [3.63, 3.8) is 0 Å². The molecule has 0 fully saturated rings. The molecule has 8 heteroatoms. The monoisotopic (exact) mass is 493 g/mol. The third-order valence-corrected chi connectivity index (χ3v) is 5.96. The first-order valence-corrected chi connectivity index (χ1v) is 12.0. The minimum atomic E-state index is -1.17. The third-order valence-electron chi connectivity index (χ3n) is 5.96. The molecule has 2 aromatic carbocycles. The molecule has 3 rings (SSSR count). The first kappa shape index (κ1) is 26.8. The number of amides is 2. The van der Waals surface area contributed by atoms with E-state index in [0.717, 1.165) is 16.7 Å². The van der Waals surface area contributed by atoms with Crippen LogP contribution >= 0.6 is 0 Å². The van der Waals surface area contributed by atoms with Crippen molar-refractivity contribution in [2.75, 3.05) is 6.61 Å². The van der Waals surface area contributed by atoms with E-state index in [0.29, 0.717) is 28.8 Å². The maximum atomic E-state index is 13.9. The predicted molar refractivity (Wildman–Crippen MR) is 141 cm³/mol. The summed E-state index contributed by atoms with van der Waals surface area (Å²) < 4.78 is 7.27. The smallest absolute Gasteiger partial charge is 0.405 e. The number of carboxylic acid groups (broad SMARTS) is 1. The summed E-state index contributed by atoms with van der Waals surface area (Å²) in [6, 6.07) is 12.2. The van der Waals surface area contributed by atoms with Gasteiger partial charge in [-0.15, -0.1) is 0 Å². The average molecular weight is 494 g/mol. The van der Waals surface area contributed by atoms with E-state index in [1.165, 1.54) is 0 Å². The zero-order chi connectivity index (χ0) is 26.8. The van der Waals surface area contributed by atoms with Crippen molar-refractivity contribution in [3.8, 4) is 16.9 Å². The number of aryl methyl sites for hydroxylation is 1. The molecule has 1 unspecified atom stereocenters. The molecule has 0 spiro atoms. The summed E-state index contributed by atoms with van der Waals surface area (Å²) in [6.07, 6.45) is -1.17. The summed E-state index contributed by atoms with van der Waals surface area (Å²) in [5.74, 6) is -0.0890. The lowest BCUT2D eigenvalue weighted by Gasteiger charge is -2.35. The number of nitrogens with two attached hydrogens (primary N) is 1. The Morgan fingerprint density at radius 1 is 1.08 bits per heavy atom. The van der Waals surface area contributed by atoms with Crippen molar-refractivity contribution >= 4 is 22.8 Å². The normalized spacial score (nSPS) is 12.5. The number of fused-ring (bicyclic) bond motifs is 1. The molecule has 0 bridgehead atoms. The van der Waals surface area contributed by atoms with E-state index in [4.69, 9.17) is 10.5 Å². The summed E-state index contributed by atoms with van der Waals surface area (Å²) in [5.41, 5.74) is 7.72. The Morgan fingerprint density at radius 3 is 2.25 bits per heavy atom. The van der Waals surface area contributed by atoms with Crippen molar-refractivity contribution in [1.29, 1.82) is 0 Å². The van der Waals surface area contributed by atoms with Gasteiger partial charge in [0.05, 0.1) is 11.7 Å². The highest BCUT2D eigenvalue weighted by atomic mass is 16.5. The van der Waals surface area contributed by atoms with E-state index >= 15 is 0 Å². The largest absolute Gasteiger partial charge is 0.484 e. The van der Waals surface area contributed by atoms with E-state index < -0.39 is 23.5 Å². The minimum absolute atomic E-state index is 0.133. The second kappa shape index (κ2) is 10.4. The molecular weight excluding hydrogens is 458 g/mol. The molecule has 4 N–H and O–H groups in total. The van der Waals surface area contributed by atoms with Crippen molar-refractivity contribution in [2.45, 2.75) is 54.1 Å². The summed E-state index contributed by atoms with van der Waals surface area (Å²) in [4.78, 5) is 37.1. The fraction of sp³-hybridized carbons (Fsp3) is 0.393. The second-order valence-corrected chi connectivity index (χ2v) is 10.6. The number of nitrogens with zero attached hydrogens (tertiary/aromatic N) is 1. The third kappa shape index (κ3) is 5.87. The second-order valence-electron chi connectivity index (χ2n) is 10.6. The van der Waals surface area contributed by atoms with Crippen LogP contribution in [-0.4, -0.2) is 28.3 Å². The number of aromatic nitrogens is 1. The van der Waals surface area contributed by atoms with E-state index in [-0.39, 0.29) is 18.1 Å². The highest BCUT2D eigenvalue weighted by Gasteiger charge is 2.34. The number of carbonyl (C=O) groups is 2. The summed E-state index contributed by atoms with van der Waals surface area (Å²) in [7, 11) is 0. The lowest BCUT2D eigenvalue weighted by molar-refractivity contribution is -0.119. The SMILES string of the molecule is Cc1ccc(-c2c(C(NC(=O)O)C(C)(C)C)n(CC(C)C)c(=O)c3ccc(OCC(N)=O)cc23)cc1. The molecule has 8 nitrogen and oxygen atoms in total. The molecule has 1 heterocycles. The number of carbonyl (C=O) groups excluding carboxylic acids is 1. The van der Waals surface area contributed by atoms with E-state index in [9.17, 15) is 19.5 Å². The number of nitrogens with one attached hydrogen (secondary N) is 1. The van der Waals surface area contributed by atoms with Gasteiger partial charge < -0.3 is 25.5 Å². The molecule has 0 aliphatic rings. The van der Waals surface area contributed by atoms with Crippen LogP contribution in [0.25, 0.3) is 21.9 Å². The van der Waals surface area contributed by atoms with Crippen LogP contribution in [0.1, 0.15) is 51.9 Å². The van der Waals surface area contributed by atoms with Gasteiger partial charge in [-0.05, 0) is 42.0 Å². The average Bonchev–Trinajstić information content (AvgIpc) is 2.77. The predicted octanol–water partition coefficient (Wildman–Crippen LogP) is 4.85. The molecule has 192 valence electrons. The molecule has 0 aliphatic heterocycles. The van der Waals surface area contributed by atoms with Gasteiger partial charge in [-0.25, -0.2) is 4.79 Å². The van der Waals surface area contributed by atoms with Gasteiger partial charge in [0.25, 0.3) is 11.5 Å². The summed E-state index contributed by atoms with van der Waals surface area (Å²) >= 11 is 0. The minimum Gasteiger partial charge on any atom is -0.484 e. The summed E-state index contributed by atoms with van der Waals surface area (Å²) in [5, 5.41) is 13.5. The number of rotatable bonds is 8. The highest BCUT2D eigenvalue weighted by Crippen LogP contribution is 2.41. The van der Waals surface area contributed by atoms with Crippen molar-refractivity contribution in [1.82, 2.24) is 9.88 Å². The number of ether oxygens (including phenoxy) is 1. The highest BCUT2D eigenvalue weighted by molar-refractivity contribution is 5.98. The lowest BCUT2D eigenvalue weighted by Crippen LogP contribution is -2.40. The van der Waals surface area contributed by atoms with Crippen LogP contribution in [0.2, 0.25) is 0 Å². The Morgan fingerprint density at radius 2 is 1.72 bits per heavy atom. The van der Waals surface area contributed by atoms with E-state index in [1.54, 1.807) is 22.8 Å². The van der Waals surface area contributed by atoms with Crippen molar-refractivity contribution in [3.05, 3.63) is 64.1 Å². The Hall–Kier alpha value is -3.81. The van der Waals surface area contributed by atoms with Crippen molar-refractivity contribution in [2.24, 2.45) is 17.1 Å². The number of primary amides is 1. The lowest BCUT2D eigenvalue weighted by atomic mass is 9.80. The Kier molecular flexibility index (Phi) is 7.77. The van der Waals surface area contributed by atoms with E-state index in [1.807, 2.05) is 65.8 Å². The van der Waals surface area contributed by atoms with Gasteiger partial charge in [0.15, 0.2) is 6.61 Å². The van der Waals surface area contributed by atoms with Crippen LogP contribution in [0.4, 0.5) is 4.79 Å².